The van der Waals surface area contributed by atoms with Crippen LogP contribution in [0, 0.1) is 6.92 Å². The molecule has 0 spiro atoms. The minimum Gasteiger partial charge on any atom is -0.480 e. The Kier molecular flexibility index (Phi) is 7.35. The van der Waals surface area contributed by atoms with Crippen LogP contribution < -0.4 is 5.73 Å². The van der Waals surface area contributed by atoms with Crippen molar-refractivity contribution in [3.8, 4) is 0 Å². The van der Waals surface area contributed by atoms with Crippen LogP contribution in [0.25, 0.3) is 0 Å². The summed E-state index contributed by atoms with van der Waals surface area (Å²) in [6, 6.07) is 2.43. The average molecular weight is 239 g/mol. The molecule has 1 rings (SSSR count). The van der Waals surface area contributed by atoms with Crippen LogP contribution in [0.5, 0.6) is 0 Å². The highest BCUT2D eigenvalue weighted by atomic mass is 35.5. The number of aliphatic carboxylic acids is 1. The minimum absolute atomic E-state index is 0. The molecule has 0 amide bonds. The van der Waals surface area contributed by atoms with Crippen molar-refractivity contribution >= 4 is 30.8 Å². The molecule has 0 radical (unpaired) electrons. The summed E-state index contributed by atoms with van der Waals surface area (Å²) in [5.41, 5.74) is 6.71. The first kappa shape index (κ1) is 15.6. The van der Waals surface area contributed by atoms with Crippen molar-refractivity contribution in [1.29, 1.82) is 0 Å². The van der Waals surface area contributed by atoms with Crippen LogP contribution in [0.15, 0.2) is 18.3 Å². The number of aromatic nitrogens is 1. The van der Waals surface area contributed by atoms with E-state index in [4.69, 9.17) is 10.8 Å². The molecular weight excluding hydrogens is 227 g/mol. The van der Waals surface area contributed by atoms with Gasteiger partial charge >= 0.3 is 5.97 Å². The number of rotatable bonds is 2. The molecule has 0 fully saturated rings. The molecule has 3 N–H and O–H groups in total. The van der Waals surface area contributed by atoms with Crippen molar-refractivity contribution in [3.63, 3.8) is 0 Å². The molecule has 14 heavy (non-hydrogen) atoms. The van der Waals surface area contributed by atoms with Gasteiger partial charge < -0.3 is 10.8 Å². The fourth-order valence-corrected chi connectivity index (χ4v) is 0.806. The van der Waals surface area contributed by atoms with Gasteiger partial charge in [-0.1, -0.05) is 6.07 Å². The summed E-state index contributed by atoms with van der Waals surface area (Å²) in [7, 11) is 0. The highest BCUT2D eigenvalue weighted by Gasteiger charge is 2.13. The number of hydrogen-bond acceptors (Lipinski definition) is 3. The Balaban J connectivity index is 0. The second kappa shape index (κ2) is 6.59. The van der Waals surface area contributed by atoms with Crippen LogP contribution in [-0.2, 0) is 4.79 Å². The van der Waals surface area contributed by atoms with Crippen molar-refractivity contribution in [2.45, 2.75) is 13.0 Å². The summed E-state index contributed by atoms with van der Waals surface area (Å²) < 4.78 is 0. The lowest BCUT2D eigenvalue weighted by Crippen LogP contribution is -2.20. The van der Waals surface area contributed by atoms with Crippen molar-refractivity contribution < 1.29 is 9.90 Å². The Bertz CT molecular complexity index is 290. The van der Waals surface area contributed by atoms with Crippen LogP contribution in [0.3, 0.4) is 0 Å². The molecule has 0 saturated carbocycles. The van der Waals surface area contributed by atoms with Gasteiger partial charge in [-0.15, -0.1) is 24.8 Å². The van der Waals surface area contributed by atoms with Gasteiger partial charge in [0.25, 0.3) is 0 Å². The van der Waals surface area contributed by atoms with Crippen molar-refractivity contribution in [2.24, 2.45) is 5.73 Å². The Labute approximate surface area is 94.3 Å². The van der Waals surface area contributed by atoms with E-state index in [1.807, 2.05) is 6.92 Å². The van der Waals surface area contributed by atoms with Crippen LogP contribution in [0.4, 0.5) is 0 Å². The quantitative estimate of drug-likeness (QED) is 0.815. The highest BCUT2D eigenvalue weighted by molar-refractivity contribution is 5.85. The lowest BCUT2D eigenvalue weighted by Gasteiger charge is -2.05. The van der Waals surface area contributed by atoms with Crippen LogP contribution >= 0.6 is 24.8 Å². The number of halogens is 2. The van der Waals surface area contributed by atoms with Crippen LogP contribution in [0.2, 0.25) is 0 Å². The second-order valence-corrected chi connectivity index (χ2v) is 2.55. The number of nitrogens with two attached hydrogens (primary N) is 1. The average Bonchev–Trinajstić information content (AvgIpc) is 2.04. The van der Waals surface area contributed by atoms with Gasteiger partial charge in [0.05, 0.1) is 0 Å². The van der Waals surface area contributed by atoms with E-state index in [0.717, 1.165) is 5.69 Å². The molecule has 1 aromatic heterocycles. The number of carboxylic acid groups (broad SMARTS) is 1. The normalized spacial score (nSPS) is 10.7. The summed E-state index contributed by atoms with van der Waals surface area (Å²) in [6.07, 6.45) is 1.48. The van der Waals surface area contributed by atoms with Crippen LogP contribution in [0.1, 0.15) is 17.3 Å². The largest absolute Gasteiger partial charge is 0.480 e. The zero-order valence-electron chi connectivity index (χ0n) is 7.51. The number of aryl methyl sites for hydroxylation is 1. The SMILES string of the molecule is Cc1ccc(C(N)C(=O)O)cn1.Cl.Cl. The van der Waals surface area contributed by atoms with E-state index < -0.39 is 12.0 Å². The van der Waals surface area contributed by atoms with E-state index in [2.05, 4.69) is 4.98 Å². The monoisotopic (exact) mass is 238 g/mol. The fourth-order valence-electron chi connectivity index (χ4n) is 0.806. The molecule has 80 valence electrons. The van der Waals surface area contributed by atoms with E-state index in [-0.39, 0.29) is 24.8 Å². The van der Waals surface area contributed by atoms with E-state index in [9.17, 15) is 4.79 Å². The van der Waals surface area contributed by atoms with E-state index in [1.165, 1.54) is 6.20 Å². The molecule has 0 aromatic carbocycles. The molecule has 0 aliphatic rings. The predicted molar refractivity (Wildman–Crippen MR) is 58.0 cm³/mol. The maximum atomic E-state index is 10.4. The smallest absolute Gasteiger partial charge is 0.325 e. The second-order valence-electron chi connectivity index (χ2n) is 2.55. The van der Waals surface area contributed by atoms with Gasteiger partial charge in [-0.2, -0.15) is 0 Å². The Hall–Kier alpha value is -0.840. The summed E-state index contributed by atoms with van der Waals surface area (Å²) in [6.45, 7) is 1.83. The number of carbonyl (C=O) groups is 1. The Morgan fingerprint density at radius 2 is 2.07 bits per heavy atom. The predicted octanol–water partition coefficient (Wildman–Crippen LogP) is 1.32. The van der Waals surface area contributed by atoms with Gasteiger partial charge in [-0.25, -0.2) is 0 Å². The third-order valence-corrected chi connectivity index (χ3v) is 1.56. The van der Waals surface area contributed by atoms with Gasteiger partial charge in [0.1, 0.15) is 6.04 Å². The van der Waals surface area contributed by atoms with Crippen molar-refractivity contribution in [2.75, 3.05) is 0 Å². The number of nitrogens with zero attached hydrogens (tertiary/aromatic N) is 1. The molecule has 4 nitrogen and oxygen atoms in total. The Morgan fingerprint density at radius 1 is 1.50 bits per heavy atom. The third-order valence-electron chi connectivity index (χ3n) is 1.56. The maximum Gasteiger partial charge on any atom is 0.325 e. The fraction of sp³-hybridized carbons (Fsp3) is 0.250. The zero-order chi connectivity index (χ0) is 9.14. The van der Waals surface area contributed by atoms with Crippen molar-refractivity contribution in [3.05, 3.63) is 29.6 Å². The molecule has 1 unspecified atom stereocenters. The van der Waals surface area contributed by atoms with Gasteiger partial charge in [0.2, 0.25) is 0 Å². The topological polar surface area (TPSA) is 76.2 Å². The lowest BCUT2D eigenvalue weighted by atomic mass is 10.1. The van der Waals surface area contributed by atoms with Gasteiger partial charge in [-0.05, 0) is 18.6 Å². The summed E-state index contributed by atoms with van der Waals surface area (Å²) in [4.78, 5) is 14.4. The summed E-state index contributed by atoms with van der Waals surface area (Å²) >= 11 is 0. The van der Waals surface area contributed by atoms with E-state index in [0.29, 0.717) is 5.56 Å². The molecule has 6 heteroatoms. The first-order valence-electron chi connectivity index (χ1n) is 3.52. The first-order chi connectivity index (χ1) is 5.61. The van der Waals surface area contributed by atoms with Crippen molar-refractivity contribution in [1.82, 2.24) is 4.98 Å². The molecule has 1 heterocycles. The molecular formula is C8H12Cl2N2O2. The molecule has 0 bridgehead atoms. The summed E-state index contributed by atoms with van der Waals surface area (Å²) in [5, 5.41) is 8.55. The first-order valence-corrected chi connectivity index (χ1v) is 3.52. The maximum absolute atomic E-state index is 10.4. The number of carboxylic acids is 1. The van der Waals surface area contributed by atoms with Gasteiger partial charge in [0.15, 0.2) is 0 Å². The lowest BCUT2D eigenvalue weighted by molar-refractivity contribution is -0.138. The van der Waals surface area contributed by atoms with E-state index >= 15 is 0 Å². The van der Waals surface area contributed by atoms with Gasteiger partial charge in [0, 0.05) is 11.9 Å². The summed E-state index contributed by atoms with van der Waals surface area (Å²) in [5.74, 6) is -1.04. The standard InChI is InChI=1S/C8H10N2O2.2ClH/c1-5-2-3-6(4-10-5)7(9)8(11)12;;/h2-4,7H,9H2,1H3,(H,11,12);2*1H. The molecule has 0 saturated heterocycles. The van der Waals surface area contributed by atoms with Crippen LogP contribution in [-0.4, -0.2) is 16.1 Å². The molecule has 0 aliphatic carbocycles. The number of hydrogen-bond donors (Lipinski definition) is 2. The van der Waals surface area contributed by atoms with Gasteiger partial charge in [-0.3, -0.25) is 9.78 Å². The molecule has 1 atom stereocenters. The minimum atomic E-state index is -1.04. The van der Waals surface area contributed by atoms with E-state index in [1.54, 1.807) is 12.1 Å². The Morgan fingerprint density at radius 3 is 2.43 bits per heavy atom. The molecule has 0 aliphatic heterocycles. The molecule has 1 aromatic rings. The zero-order valence-corrected chi connectivity index (χ0v) is 9.14. The highest BCUT2D eigenvalue weighted by Crippen LogP contribution is 2.08. The number of pyridine rings is 1. The third kappa shape index (κ3) is 3.91.